The van der Waals surface area contributed by atoms with Crippen molar-refractivity contribution in [2.45, 2.75) is 72.0 Å². The number of Topliss-reactive ketones (excluding diaryl/α,β-unsaturated/α-hetero) is 1. The van der Waals surface area contributed by atoms with E-state index in [9.17, 15) is 9.18 Å². The van der Waals surface area contributed by atoms with E-state index in [0.29, 0.717) is 18.7 Å². The average molecular weight is 397 g/mol. The Hall–Kier alpha value is -0.780. The quantitative estimate of drug-likeness (QED) is 0.619. The molecule has 8 atom stereocenters. The molecule has 3 unspecified atom stereocenters. The lowest BCUT2D eigenvalue weighted by Gasteiger charge is -2.62. The Morgan fingerprint density at radius 2 is 1.86 bits per heavy atom. The van der Waals surface area contributed by atoms with Crippen LogP contribution in [0.4, 0.5) is 4.39 Å². The van der Waals surface area contributed by atoms with Gasteiger partial charge in [-0.25, -0.2) is 4.39 Å². The van der Waals surface area contributed by atoms with Gasteiger partial charge in [0.15, 0.2) is 0 Å². The van der Waals surface area contributed by atoms with Gasteiger partial charge < -0.3 is 14.2 Å². The minimum absolute atomic E-state index is 0.112. The number of halogens is 1. The second kappa shape index (κ2) is 7.81. The molecule has 160 valence electrons. The molecule has 3 aliphatic carbocycles. The monoisotopic (exact) mass is 396 g/mol. The van der Waals surface area contributed by atoms with Crippen molar-refractivity contribution in [3.05, 3.63) is 12.4 Å². The molecule has 3 rings (SSSR count). The van der Waals surface area contributed by atoms with Crippen LogP contribution in [0.2, 0.25) is 0 Å². The number of ketones is 1. The van der Waals surface area contributed by atoms with E-state index in [1.54, 1.807) is 14.2 Å². The van der Waals surface area contributed by atoms with E-state index in [-0.39, 0.29) is 47.4 Å². The minimum Gasteiger partial charge on any atom is -0.381 e. The third-order valence-electron chi connectivity index (χ3n) is 8.90. The number of ether oxygens (including phenoxy) is 3. The normalized spacial score (nSPS) is 49.1. The Morgan fingerprint density at radius 1 is 1.18 bits per heavy atom. The highest BCUT2D eigenvalue weighted by Crippen LogP contribution is 2.68. The Labute approximate surface area is 169 Å². The van der Waals surface area contributed by atoms with Gasteiger partial charge in [0.2, 0.25) is 0 Å². The molecule has 0 aromatic rings. The lowest BCUT2D eigenvalue weighted by molar-refractivity contribution is -0.217. The fourth-order valence-electron chi connectivity index (χ4n) is 7.12. The molecular weight excluding hydrogens is 359 g/mol. The van der Waals surface area contributed by atoms with Crippen molar-refractivity contribution in [1.29, 1.82) is 0 Å². The summed E-state index contributed by atoms with van der Waals surface area (Å²) in [5.41, 5.74) is -1.16. The molecule has 0 heterocycles. The predicted octanol–water partition coefficient (Wildman–Crippen LogP) is 4.92. The highest BCUT2D eigenvalue weighted by atomic mass is 19.1. The molecule has 5 heteroatoms. The van der Waals surface area contributed by atoms with Crippen LogP contribution in [0.5, 0.6) is 0 Å². The Morgan fingerprint density at radius 3 is 2.46 bits per heavy atom. The molecule has 2 bridgehead atoms. The molecule has 0 aromatic heterocycles. The zero-order valence-electron chi connectivity index (χ0n) is 18.3. The summed E-state index contributed by atoms with van der Waals surface area (Å²) >= 11 is 0. The summed E-state index contributed by atoms with van der Waals surface area (Å²) in [6, 6.07) is 0. The van der Waals surface area contributed by atoms with E-state index in [1.165, 1.54) is 6.08 Å². The van der Waals surface area contributed by atoms with E-state index < -0.39 is 5.41 Å². The first-order valence-electron chi connectivity index (χ1n) is 10.7. The van der Waals surface area contributed by atoms with E-state index in [1.807, 2.05) is 6.92 Å². The van der Waals surface area contributed by atoms with E-state index in [0.717, 1.165) is 25.7 Å². The highest BCUT2D eigenvalue weighted by Gasteiger charge is 2.68. The summed E-state index contributed by atoms with van der Waals surface area (Å²) in [4.78, 5) is 13.7. The maximum Gasteiger partial charge on any atom is 0.146 e. The maximum atomic E-state index is 13.7. The van der Waals surface area contributed by atoms with Gasteiger partial charge in [-0.1, -0.05) is 20.8 Å². The Kier molecular flexibility index (Phi) is 6.11. The van der Waals surface area contributed by atoms with Crippen molar-refractivity contribution in [1.82, 2.24) is 0 Å². The van der Waals surface area contributed by atoms with Crippen LogP contribution < -0.4 is 0 Å². The summed E-state index contributed by atoms with van der Waals surface area (Å²) in [7, 11) is 3.40. The smallest absolute Gasteiger partial charge is 0.146 e. The van der Waals surface area contributed by atoms with Gasteiger partial charge in [0.05, 0.1) is 18.5 Å². The second-order valence-corrected chi connectivity index (χ2v) is 9.89. The first-order valence-corrected chi connectivity index (χ1v) is 10.7. The zero-order valence-corrected chi connectivity index (χ0v) is 18.3. The molecule has 0 spiro atoms. The van der Waals surface area contributed by atoms with Crippen molar-refractivity contribution in [3.8, 4) is 0 Å². The van der Waals surface area contributed by atoms with Crippen molar-refractivity contribution < 1.29 is 23.4 Å². The molecule has 0 aromatic carbocycles. The number of carbonyl (C=O) groups is 1. The van der Waals surface area contributed by atoms with Crippen molar-refractivity contribution in [2.75, 3.05) is 21.0 Å². The average Bonchev–Trinajstić information content (AvgIpc) is 3.07. The van der Waals surface area contributed by atoms with Crippen molar-refractivity contribution in [2.24, 2.45) is 34.0 Å². The van der Waals surface area contributed by atoms with E-state index in [2.05, 4.69) is 20.8 Å². The van der Waals surface area contributed by atoms with Crippen LogP contribution >= 0.6 is 0 Å². The summed E-state index contributed by atoms with van der Waals surface area (Å²) in [5, 5.41) is 0. The topological polar surface area (TPSA) is 44.8 Å². The zero-order chi connectivity index (χ0) is 20.7. The second-order valence-electron chi connectivity index (χ2n) is 9.89. The third-order valence-corrected chi connectivity index (χ3v) is 8.90. The van der Waals surface area contributed by atoms with E-state index in [4.69, 9.17) is 14.2 Å². The van der Waals surface area contributed by atoms with Crippen LogP contribution in [-0.4, -0.2) is 39.0 Å². The first kappa shape index (κ1) is 21.9. The molecule has 0 aliphatic heterocycles. The number of carbonyl (C=O) groups excluding carboxylic acids is 1. The van der Waals surface area contributed by atoms with Crippen molar-refractivity contribution in [3.63, 3.8) is 0 Å². The van der Waals surface area contributed by atoms with Crippen molar-refractivity contribution >= 4 is 5.78 Å². The Bertz CT molecular complexity index is 622. The summed E-state index contributed by atoms with van der Waals surface area (Å²) in [6.07, 6.45) is 6.40. The minimum atomic E-state index is -0.881. The molecule has 0 saturated heterocycles. The number of hydrogen-bond acceptors (Lipinski definition) is 4. The number of rotatable bonds is 5. The Balaban J connectivity index is 2.20. The fourth-order valence-corrected chi connectivity index (χ4v) is 7.12. The lowest BCUT2D eigenvalue weighted by Crippen LogP contribution is -2.62. The molecule has 28 heavy (non-hydrogen) atoms. The molecule has 0 N–H and O–H groups in total. The number of hydrogen-bond donors (Lipinski definition) is 0. The highest BCUT2D eigenvalue weighted by molar-refractivity contribution is 5.89. The van der Waals surface area contributed by atoms with Gasteiger partial charge in [-0.3, -0.25) is 4.79 Å². The van der Waals surface area contributed by atoms with Gasteiger partial charge in [-0.05, 0) is 62.4 Å². The number of allylic oxidation sites excluding steroid dienone is 1. The SMILES string of the molecule is COCO[C@@H]1C[C@@](C)(C=CF)C(=O)[C@H](C)C23CCC(OC)C2[C@@]1(C)[C@H](C)CC3. The van der Waals surface area contributed by atoms with Gasteiger partial charge in [-0.2, -0.15) is 0 Å². The first-order chi connectivity index (χ1) is 13.2. The lowest BCUT2D eigenvalue weighted by atomic mass is 9.44. The molecule has 0 amide bonds. The van der Waals surface area contributed by atoms with Crippen LogP contribution in [-0.2, 0) is 19.0 Å². The summed E-state index contributed by atoms with van der Waals surface area (Å²) in [5.74, 6) is 0.663. The van der Waals surface area contributed by atoms with E-state index >= 15 is 0 Å². The van der Waals surface area contributed by atoms with Crippen LogP contribution in [0.25, 0.3) is 0 Å². The predicted molar refractivity (Wildman–Crippen MR) is 106 cm³/mol. The van der Waals surface area contributed by atoms with Gasteiger partial charge in [0.1, 0.15) is 12.6 Å². The summed E-state index contributed by atoms with van der Waals surface area (Å²) in [6.45, 7) is 8.73. The summed E-state index contributed by atoms with van der Waals surface area (Å²) < 4.78 is 30.9. The molecule has 3 fully saturated rings. The molecule has 3 aliphatic rings. The van der Waals surface area contributed by atoms with Crippen LogP contribution in [0.3, 0.4) is 0 Å². The van der Waals surface area contributed by atoms with Crippen LogP contribution in [0.15, 0.2) is 12.4 Å². The molecule has 0 radical (unpaired) electrons. The number of methoxy groups -OCH3 is 2. The largest absolute Gasteiger partial charge is 0.381 e. The van der Waals surface area contributed by atoms with Crippen LogP contribution in [0, 0.1) is 34.0 Å². The van der Waals surface area contributed by atoms with Crippen LogP contribution in [0.1, 0.15) is 59.8 Å². The van der Waals surface area contributed by atoms with Gasteiger partial charge >= 0.3 is 0 Å². The fraction of sp³-hybridized carbons (Fsp3) is 0.870. The van der Waals surface area contributed by atoms with Gasteiger partial charge in [0, 0.05) is 31.0 Å². The third kappa shape index (κ3) is 3.00. The van der Waals surface area contributed by atoms with Gasteiger partial charge in [-0.15, -0.1) is 0 Å². The molecule has 3 saturated carbocycles. The maximum absolute atomic E-state index is 13.7. The van der Waals surface area contributed by atoms with Gasteiger partial charge in [0.25, 0.3) is 0 Å². The molecular formula is C23H37FO4. The molecule has 4 nitrogen and oxygen atoms in total. The standard InChI is InChI=1S/C23H37FO4/c1-15-7-9-23-10-8-17(27-6)19(23)22(15,4)18(28-14-26-5)13-21(3,11-12-24)20(25)16(23)2/h11-12,15-19H,7-10,13-14H2,1-6H3/t15-,16+,17?,18-,19?,21-,22+,23?/m1/s1.